The molecule has 4 N–H and O–H groups in total. The van der Waals surface area contributed by atoms with Crippen molar-refractivity contribution in [1.29, 1.82) is 0 Å². The zero-order chi connectivity index (χ0) is 15.6. The molecule has 2 aromatic carbocycles. The van der Waals surface area contributed by atoms with E-state index >= 15 is 0 Å². The smallest absolute Gasteiger partial charge is 0.335 e. The van der Waals surface area contributed by atoms with Crippen LogP contribution in [0.2, 0.25) is 5.02 Å². The highest BCUT2D eigenvalue weighted by Crippen LogP contribution is 2.22. The molecule has 0 saturated carbocycles. The number of hydrogen-bond acceptors (Lipinski definition) is 3. The van der Waals surface area contributed by atoms with Crippen LogP contribution in [-0.4, -0.2) is 17.0 Å². The number of aromatic carboxylic acids is 1. The van der Waals surface area contributed by atoms with Gasteiger partial charge in [0.2, 0.25) is 0 Å². The van der Waals surface area contributed by atoms with E-state index in [2.05, 4.69) is 5.32 Å². The second-order valence-electron chi connectivity index (χ2n) is 4.19. The lowest BCUT2D eigenvalue weighted by atomic mass is 10.1. The summed E-state index contributed by atoms with van der Waals surface area (Å²) in [6.07, 6.45) is 0. The highest BCUT2D eigenvalue weighted by Gasteiger charge is 2.12. The van der Waals surface area contributed by atoms with Crippen molar-refractivity contribution in [2.24, 2.45) is 0 Å². The number of nitrogens with two attached hydrogens (primary N) is 1. The summed E-state index contributed by atoms with van der Waals surface area (Å²) < 4.78 is 13.3. The van der Waals surface area contributed by atoms with E-state index in [1.165, 1.54) is 30.3 Å². The van der Waals surface area contributed by atoms with Gasteiger partial charge in [0.1, 0.15) is 5.82 Å². The van der Waals surface area contributed by atoms with Crippen LogP contribution < -0.4 is 11.1 Å². The van der Waals surface area contributed by atoms with Crippen LogP contribution in [-0.2, 0) is 0 Å². The minimum atomic E-state index is -1.13. The molecule has 0 heterocycles. The maximum Gasteiger partial charge on any atom is 0.335 e. The number of carbonyl (C=O) groups is 2. The highest BCUT2D eigenvalue weighted by molar-refractivity contribution is 6.30. The van der Waals surface area contributed by atoms with Crippen LogP contribution in [0, 0.1) is 5.82 Å². The predicted octanol–water partition coefficient (Wildman–Crippen LogP) is 3.01. The molecule has 0 saturated heterocycles. The quantitative estimate of drug-likeness (QED) is 0.760. The van der Waals surface area contributed by atoms with Crippen LogP contribution in [0.15, 0.2) is 36.4 Å². The zero-order valence-electron chi connectivity index (χ0n) is 10.6. The van der Waals surface area contributed by atoms with E-state index in [0.29, 0.717) is 0 Å². The standard InChI is InChI=1S/C14H10ClFN2O3/c15-9-3-1-7(5-10(9)16)13(19)18-12-4-2-8(14(20)21)6-11(12)17/h1-6H,17H2,(H,18,19)(H,20,21). The molecule has 0 bridgehead atoms. The minimum Gasteiger partial charge on any atom is -0.478 e. The van der Waals surface area contributed by atoms with Crippen molar-refractivity contribution < 1.29 is 19.1 Å². The lowest BCUT2D eigenvalue weighted by molar-refractivity contribution is 0.0697. The molecule has 0 fully saturated rings. The molecule has 0 aliphatic carbocycles. The number of carboxylic acids is 1. The van der Waals surface area contributed by atoms with Crippen LogP contribution in [0.3, 0.4) is 0 Å². The van der Waals surface area contributed by atoms with E-state index in [9.17, 15) is 14.0 Å². The van der Waals surface area contributed by atoms with Gasteiger partial charge in [-0.05, 0) is 36.4 Å². The summed E-state index contributed by atoms with van der Waals surface area (Å²) in [5.74, 6) is -2.42. The lowest BCUT2D eigenvalue weighted by Gasteiger charge is -2.09. The van der Waals surface area contributed by atoms with Crippen LogP contribution >= 0.6 is 11.6 Å². The monoisotopic (exact) mass is 308 g/mol. The van der Waals surface area contributed by atoms with Gasteiger partial charge in [-0.15, -0.1) is 0 Å². The number of rotatable bonds is 3. The molecule has 0 aliphatic rings. The summed E-state index contributed by atoms with van der Waals surface area (Å²) in [6, 6.07) is 7.52. The van der Waals surface area contributed by atoms with Crippen molar-refractivity contribution in [2.75, 3.05) is 11.1 Å². The normalized spacial score (nSPS) is 10.2. The first kappa shape index (κ1) is 14.8. The maximum absolute atomic E-state index is 13.3. The number of carboxylic acid groups (broad SMARTS) is 1. The Kier molecular flexibility index (Phi) is 4.09. The predicted molar refractivity (Wildman–Crippen MR) is 77.2 cm³/mol. The summed E-state index contributed by atoms with van der Waals surface area (Å²) in [6.45, 7) is 0. The number of nitrogens with one attached hydrogen (secondary N) is 1. The minimum absolute atomic E-state index is 0.00281. The molecular formula is C14H10ClFN2O3. The molecule has 0 aromatic heterocycles. The number of amides is 1. The Morgan fingerprint density at radius 1 is 1.14 bits per heavy atom. The Morgan fingerprint density at radius 3 is 2.38 bits per heavy atom. The number of benzene rings is 2. The number of anilines is 2. The maximum atomic E-state index is 13.3. The van der Waals surface area contributed by atoms with Gasteiger partial charge in [0.25, 0.3) is 5.91 Å². The first-order valence-electron chi connectivity index (χ1n) is 5.77. The van der Waals surface area contributed by atoms with Gasteiger partial charge >= 0.3 is 5.97 Å². The van der Waals surface area contributed by atoms with Gasteiger partial charge in [-0.25, -0.2) is 9.18 Å². The van der Waals surface area contributed by atoms with Gasteiger partial charge in [-0.2, -0.15) is 0 Å². The van der Waals surface area contributed by atoms with E-state index < -0.39 is 17.7 Å². The summed E-state index contributed by atoms with van der Waals surface area (Å²) in [5.41, 5.74) is 6.07. The van der Waals surface area contributed by atoms with Crippen LogP contribution in [0.25, 0.3) is 0 Å². The molecule has 2 aromatic rings. The molecule has 108 valence electrons. The molecule has 5 nitrogen and oxygen atoms in total. The first-order chi connectivity index (χ1) is 9.88. The van der Waals surface area contributed by atoms with Crippen LogP contribution in [0.5, 0.6) is 0 Å². The van der Waals surface area contributed by atoms with Crippen molar-refractivity contribution in [3.8, 4) is 0 Å². The fourth-order valence-corrected chi connectivity index (χ4v) is 1.76. The average molecular weight is 309 g/mol. The van der Waals surface area contributed by atoms with E-state index in [1.54, 1.807) is 0 Å². The second-order valence-corrected chi connectivity index (χ2v) is 4.60. The summed E-state index contributed by atoms with van der Waals surface area (Å²) in [5, 5.41) is 11.2. The van der Waals surface area contributed by atoms with E-state index in [1.807, 2.05) is 0 Å². The van der Waals surface area contributed by atoms with Crippen molar-refractivity contribution in [3.63, 3.8) is 0 Å². The average Bonchev–Trinajstić information content (AvgIpc) is 2.43. The van der Waals surface area contributed by atoms with Crippen molar-refractivity contribution in [1.82, 2.24) is 0 Å². The summed E-state index contributed by atoms with van der Waals surface area (Å²) >= 11 is 5.54. The number of nitrogen functional groups attached to an aromatic ring is 1. The lowest BCUT2D eigenvalue weighted by Crippen LogP contribution is -2.14. The summed E-state index contributed by atoms with van der Waals surface area (Å²) in [4.78, 5) is 22.7. The molecule has 0 aliphatic heterocycles. The molecule has 0 atom stereocenters. The van der Waals surface area contributed by atoms with Gasteiger partial charge in [0.15, 0.2) is 0 Å². The van der Waals surface area contributed by atoms with Gasteiger partial charge in [0, 0.05) is 5.56 Å². The molecule has 1 amide bonds. The third-order valence-corrected chi connectivity index (χ3v) is 3.04. The van der Waals surface area contributed by atoms with Crippen molar-refractivity contribution in [2.45, 2.75) is 0 Å². The summed E-state index contributed by atoms with van der Waals surface area (Å²) in [7, 11) is 0. The molecule has 21 heavy (non-hydrogen) atoms. The van der Waals surface area contributed by atoms with E-state index in [0.717, 1.165) is 6.07 Å². The largest absolute Gasteiger partial charge is 0.478 e. The van der Waals surface area contributed by atoms with Crippen LogP contribution in [0.4, 0.5) is 15.8 Å². The Balaban J connectivity index is 2.23. The van der Waals surface area contributed by atoms with E-state index in [4.69, 9.17) is 22.4 Å². The van der Waals surface area contributed by atoms with Crippen molar-refractivity contribution in [3.05, 3.63) is 58.4 Å². The topological polar surface area (TPSA) is 92.4 Å². The second kappa shape index (κ2) is 5.80. The zero-order valence-corrected chi connectivity index (χ0v) is 11.3. The Morgan fingerprint density at radius 2 is 1.81 bits per heavy atom. The molecule has 0 radical (unpaired) electrons. The molecule has 0 unspecified atom stereocenters. The fraction of sp³-hybridized carbons (Fsp3) is 0. The van der Waals surface area contributed by atoms with Gasteiger partial charge < -0.3 is 16.2 Å². The number of hydrogen-bond donors (Lipinski definition) is 3. The molecule has 0 spiro atoms. The van der Waals surface area contributed by atoms with Gasteiger partial charge in [0.05, 0.1) is 22.0 Å². The Hall–Kier alpha value is -2.60. The third kappa shape index (κ3) is 3.29. The molecular weight excluding hydrogens is 299 g/mol. The Labute approximate surface area is 124 Å². The van der Waals surface area contributed by atoms with Crippen molar-refractivity contribution >= 4 is 34.9 Å². The fourth-order valence-electron chi connectivity index (χ4n) is 1.64. The van der Waals surface area contributed by atoms with Gasteiger partial charge in [-0.1, -0.05) is 11.6 Å². The highest BCUT2D eigenvalue weighted by atomic mass is 35.5. The Bertz CT molecular complexity index is 734. The SMILES string of the molecule is Nc1cc(C(=O)O)ccc1NC(=O)c1ccc(Cl)c(F)c1. The van der Waals surface area contributed by atoms with E-state index in [-0.39, 0.29) is 27.5 Å². The van der Waals surface area contributed by atoms with Crippen LogP contribution in [0.1, 0.15) is 20.7 Å². The molecule has 2 rings (SSSR count). The number of carbonyl (C=O) groups excluding carboxylic acids is 1. The van der Waals surface area contributed by atoms with Gasteiger partial charge in [-0.3, -0.25) is 4.79 Å². The number of halogens is 2. The third-order valence-electron chi connectivity index (χ3n) is 2.73. The molecule has 7 heteroatoms. The first-order valence-corrected chi connectivity index (χ1v) is 6.15.